The van der Waals surface area contributed by atoms with E-state index in [1.165, 1.54) is 22.0 Å². The van der Waals surface area contributed by atoms with Crippen LogP contribution in [0.4, 0.5) is 0 Å². The van der Waals surface area contributed by atoms with Crippen molar-refractivity contribution in [3.05, 3.63) is 35.5 Å². The zero-order valence-corrected chi connectivity index (χ0v) is 11.9. The molecule has 0 aliphatic carbocycles. The third-order valence-corrected chi connectivity index (χ3v) is 3.90. The molecule has 1 aromatic heterocycles. The Kier molecular flexibility index (Phi) is 3.33. The fraction of sp³-hybridized carbons (Fsp3) is 0.500. The van der Waals surface area contributed by atoms with Crippen molar-refractivity contribution in [2.75, 3.05) is 13.1 Å². The van der Waals surface area contributed by atoms with Crippen LogP contribution in [0.15, 0.2) is 24.4 Å². The molecule has 1 saturated heterocycles. The first-order valence-electron chi connectivity index (χ1n) is 7.07. The third kappa shape index (κ3) is 2.53. The lowest BCUT2D eigenvalue weighted by Crippen LogP contribution is -2.44. The smallest absolute Gasteiger partial charge is 0.0678 e. The molecule has 1 N–H and O–H groups in total. The summed E-state index contributed by atoms with van der Waals surface area (Å²) in [6, 6.07) is 6.50. The van der Waals surface area contributed by atoms with Gasteiger partial charge in [0.1, 0.15) is 0 Å². The van der Waals surface area contributed by atoms with Crippen LogP contribution in [-0.4, -0.2) is 35.2 Å². The molecule has 2 atom stereocenters. The van der Waals surface area contributed by atoms with Crippen molar-refractivity contribution in [1.82, 2.24) is 9.88 Å². The molecule has 0 spiro atoms. The Balaban J connectivity index is 1.83. The minimum atomic E-state index is 0.329. The average molecular weight is 258 g/mol. The molecule has 1 aliphatic rings. The highest BCUT2D eigenvalue weighted by molar-refractivity contribution is 5.85. The van der Waals surface area contributed by atoms with Gasteiger partial charge < -0.3 is 9.72 Å². The number of hydrogen-bond acceptors (Lipinski definition) is 2. The van der Waals surface area contributed by atoms with Crippen molar-refractivity contribution in [3.63, 3.8) is 0 Å². The monoisotopic (exact) mass is 258 g/mol. The summed E-state index contributed by atoms with van der Waals surface area (Å²) in [7, 11) is 0. The number of aromatic nitrogens is 1. The molecular formula is C16H22N2O. The average Bonchev–Trinajstić information content (AvgIpc) is 2.73. The summed E-state index contributed by atoms with van der Waals surface area (Å²) in [6.45, 7) is 9.50. The maximum atomic E-state index is 5.79. The first-order chi connectivity index (χ1) is 9.13. The predicted molar refractivity (Wildman–Crippen MR) is 78.3 cm³/mol. The van der Waals surface area contributed by atoms with E-state index in [2.05, 4.69) is 55.1 Å². The van der Waals surface area contributed by atoms with Crippen molar-refractivity contribution in [3.8, 4) is 0 Å². The van der Waals surface area contributed by atoms with E-state index in [1.807, 2.05) is 0 Å². The van der Waals surface area contributed by atoms with Crippen molar-refractivity contribution < 1.29 is 4.74 Å². The molecule has 1 fully saturated rings. The second-order valence-corrected chi connectivity index (χ2v) is 5.76. The zero-order valence-electron chi connectivity index (χ0n) is 11.9. The highest BCUT2D eigenvalue weighted by Gasteiger charge is 2.22. The van der Waals surface area contributed by atoms with Crippen molar-refractivity contribution in [2.24, 2.45) is 0 Å². The van der Waals surface area contributed by atoms with Crippen LogP contribution in [0.25, 0.3) is 10.9 Å². The van der Waals surface area contributed by atoms with Gasteiger partial charge in [-0.25, -0.2) is 0 Å². The van der Waals surface area contributed by atoms with Gasteiger partial charge in [0, 0.05) is 36.7 Å². The van der Waals surface area contributed by atoms with Gasteiger partial charge >= 0.3 is 0 Å². The maximum Gasteiger partial charge on any atom is 0.0678 e. The van der Waals surface area contributed by atoms with E-state index in [1.54, 1.807) is 0 Å². The minimum absolute atomic E-state index is 0.329. The Bertz CT molecular complexity index is 565. The van der Waals surface area contributed by atoms with Gasteiger partial charge in [-0.3, -0.25) is 4.90 Å². The van der Waals surface area contributed by atoms with Crippen molar-refractivity contribution in [2.45, 2.75) is 39.5 Å². The predicted octanol–water partition coefficient (Wildman–Crippen LogP) is 3.09. The first-order valence-corrected chi connectivity index (χ1v) is 7.07. The number of ether oxygens (including phenoxy) is 1. The summed E-state index contributed by atoms with van der Waals surface area (Å²) in [5, 5.41) is 1.35. The summed E-state index contributed by atoms with van der Waals surface area (Å²) in [6.07, 6.45) is 2.81. The molecule has 2 unspecified atom stereocenters. The summed E-state index contributed by atoms with van der Waals surface area (Å²) in [5.74, 6) is 0. The van der Waals surface area contributed by atoms with Crippen LogP contribution in [-0.2, 0) is 11.3 Å². The van der Waals surface area contributed by atoms with Crippen LogP contribution < -0.4 is 0 Å². The lowest BCUT2D eigenvalue weighted by molar-refractivity contribution is -0.0703. The van der Waals surface area contributed by atoms with Gasteiger partial charge in [0.25, 0.3) is 0 Å². The van der Waals surface area contributed by atoms with Crippen LogP contribution >= 0.6 is 0 Å². The molecule has 102 valence electrons. The SMILES string of the molecule is Cc1cccc2c(CN3CC(C)OC(C)C3)c[nH]c12. The Morgan fingerprint density at radius 2 is 2.00 bits per heavy atom. The first kappa shape index (κ1) is 12.7. The van der Waals surface area contributed by atoms with Gasteiger partial charge in [0.2, 0.25) is 0 Å². The molecule has 3 heteroatoms. The standard InChI is InChI=1S/C16H22N2O/c1-11-5-4-6-15-14(7-17-16(11)15)10-18-8-12(2)19-13(3)9-18/h4-7,12-13,17H,8-10H2,1-3H3. The number of nitrogens with zero attached hydrogens (tertiary/aromatic N) is 1. The number of H-pyrrole nitrogens is 1. The summed E-state index contributed by atoms with van der Waals surface area (Å²) < 4.78 is 5.79. The van der Waals surface area contributed by atoms with Crippen LogP contribution in [0.3, 0.4) is 0 Å². The van der Waals surface area contributed by atoms with Crippen LogP contribution in [0.2, 0.25) is 0 Å². The van der Waals surface area contributed by atoms with Gasteiger partial charge in [-0.1, -0.05) is 18.2 Å². The van der Waals surface area contributed by atoms with E-state index in [4.69, 9.17) is 4.74 Å². The highest BCUT2D eigenvalue weighted by Crippen LogP contribution is 2.23. The van der Waals surface area contributed by atoms with Crippen LogP contribution in [0.5, 0.6) is 0 Å². The Morgan fingerprint density at radius 3 is 2.74 bits per heavy atom. The van der Waals surface area contributed by atoms with Crippen LogP contribution in [0, 0.1) is 6.92 Å². The van der Waals surface area contributed by atoms with E-state index in [9.17, 15) is 0 Å². The number of rotatable bonds is 2. The van der Waals surface area contributed by atoms with Gasteiger partial charge in [-0.05, 0) is 31.9 Å². The van der Waals surface area contributed by atoms with Crippen molar-refractivity contribution in [1.29, 1.82) is 0 Å². The number of para-hydroxylation sites is 1. The molecule has 19 heavy (non-hydrogen) atoms. The molecule has 0 radical (unpaired) electrons. The number of nitrogens with one attached hydrogen (secondary N) is 1. The number of aromatic amines is 1. The van der Waals surface area contributed by atoms with E-state index in [-0.39, 0.29) is 0 Å². The number of morpholine rings is 1. The van der Waals surface area contributed by atoms with Gasteiger partial charge in [-0.2, -0.15) is 0 Å². The molecule has 0 amide bonds. The molecule has 2 heterocycles. The van der Waals surface area contributed by atoms with E-state index in [0.29, 0.717) is 12.2 Å². The Morgan fingerprint density at radius 1 is 1.26 bits per heavy atom. The Hall–Kier alpha value is -1.32. The van der Waals surface area contributed by atoms with Crippen LogP contribution in [0.1, 0.15) is 25.0 Å². The third-order valence-electron chi connectivity index (χ3n) is 3.90. The lowest BCUT2D eigenvalue weighted by Gasteiger charge is -2.35. The number of benzene rings is 1. The molecule has 3 rings (SSSR count). The second kappa shape index (κ2) is 4.99. The number of fused-ring (bicyclic) bond motifs is 1. The molecule has 0 bridgehead atoms. The fourth-order valence-corrected chi connectivity index (χ4v) is 3.15. The van der Waals surface area contributed by atoms with E-state index >= 15 is 0 Å². The van der Waals surface area contributed by atoms with E-state index in [0.717, 1.165) is 19.6 Å². The lowest BCUT2D eigenvalue weighted by atomic mass is 10.1. The maximum absolute atomic E-state index is 5.79. The Labute approximate surface area is 114 Å². The van der Waals surface area contributed by atoms with Gasteiger partial charge in [0.05, 0.1) is 12.2 Å². The molecule has 1 aliphatic heterocycles. The van der Waals surface area contributed by atoms with Gasteiger partial charge in [0.15, 0.2) is 0 Å². The summed E-state index contributed by atoms with van der Waals surface area (Å²) in [5.41, 5.74) is 3.97. The molecular weight excluding hydrogens is 236 g/mol. The molecule has 1 aromatic carbocycles. The van der Waals surface area contributed by atoms with Crippen molar-refractivity contribution >= 4 is 10.9 Å². The summed E-state index contributed by atoms with van der Waals surface area (Å²) >= 11 is 0. The fourth-order valence-electron chi connectivity index (χ4n) is 3.15. The normalized spacial score (nSPS) is 25.0. The molecule has 3 nitrogen and oxygen atoms in total. The minimum Gasteiger partial charge on any atom is -0.373 e. The second-order valence-electron chi connectivity index (χ2n) is 5.76. The summed E-state index contributed by atoms with van der Waals surface area (Å²) in [4.78, 5) is 5.90. The molecule has 0 saturated carbocycles. The quantitative estimate of drug-likeness (QED) is 0.896. The zero-order chi connectivity index (χ0) is 13.4. The number of aryl methyl sites for hydroxylation is 1. The van der Waals surface area contributed by atoms with E-state index < -0.39 is 0 Å². The largest absolute Gasteiger partial charge is 0.373 e. The number of hydrogen-bond donors (Lipinski definition) is 1. The topological polar surface area (TPSA) is 28.3 Å². The highest BCUT2D eigenvalue weighted by atomic mass is 16.5. The molecule has 2 aromatic rings. The van der Waals surface area contributed by atoms with Gasteiger partial charge in [-0.15, -0.1) is 0 Å².